The van der Waals surface area contributed by atoms with Crippen LogP contribution in [0.15, 0.2) is 12.4 Å². The first-order valence-electron chi connectivity index (χ1n) is 6.44. The summed E-state index contributed by atoms with van der Waals surface area (Å²) < 4.78 is 1.84. The predicted molar refractivity (Wildman–Crippen MR) is 69.8 cm³/mol. The van der Waals surface area contributed by atoms with Gasteiger partial charge in [0.15, 0.2) is 5.82 Å². The molecule has 3 heterocycles. The first kappa shape index (κ1) is 11.9. The van der Waals surface area contributed by atoms with E-state index in [1.54, 1.807) is 12.4 Å². The van der Waals surface area contributed by atoms with Gasteiger partial charge in [0.05, 0.1) is 6.54 Å². The molecule has 7 nitrogen and oxygen atoms in total. The minimum atomic E-state index is 0.109. The van der Waals surface area contributed by atoms with Crippen molar-refractivity contribution in [3.63, 3.8) is 0 Å². The van der Waals surface area contributed by atoms with E-state index in [2.05, 4.69) is 20.5 Å². The van der Waals surface area contributed by atoms with E-state index in [-0.39, 0.29) is 12.5 Å². The van der Waals surface area contributed by atoms with Crippen LogP contribution in [0.4, 0.5) is 5.82 Å². The fraction of sp³-hybridized carbons (Fsp3) is 0.500. The van der Waals surface area contributed by atoms with Crippen LogP contribution in [0, 0.1) is 6.92 Å². The van der Waals surface area contributed by atoms with Gasteiger partial charge < -0.3 is 10.2 Å². The van der Waals surface area contributed by atoms with Gasteiger partial charge in [0.25, 0.3) is 0 Å². The van der Waals surface area contributed by atoms with Crippen LogP contribution < -0.4 is 5.32 Å². The first-order valence-corrected chi connectivity index (χ1v) is 6.44. The molecule has 1 aliphatic rings. The van der Waals surface area contributed by atoms with Gasteiger partial charge in [0.2, 0.25) is 11.6 Å². The van der Waals surface area contributed by atoms with E-state index in [0.717, 1.165) is 31.8 Å². The number of amides is 1. The Morgan fingerprint density at radius 3 is 2.95 bits per heavy atom. The normalized spacial score (nSPS) is 15.1. The van der Waals surface area contributed by atoms with Crippen molar-refractivity contribution in [1.82, 2.24) is 24.5 Å². The molecule has 1 aliphatic heterocycles. The molecule has 1 N–H and O–H groups in total. The number of hydrogen-bond donors (Lipinski definition) is 1. The van der Waals surface area contributed by atoms with Crippen molar-refractivity contribution in [3.05, 3.63) is 18.2 Å². The number of nitrogens with one attached hydrogen (secondary N) is 1. The smallest absolute Gasteiger partial charge is 0.241 e. The van der Waals surface area contributed by atoms with E-state index in [1.165, 1.54) is 0 Å². The summed E-state index contributed by atoms with van der Waals surface area (Å²) in [5.74, 6) is 1.50. The summed E-state index contributed by atoms with van der Waals surface area (Å²) in [6.45, 7) is 3.85. The fourth-order valence-electron chi connectivity index (χ4n) is 2.30. The van der Waals surface area contributed by atoms with E-state index in [9.17, 15) is 4.79 Å². The van der Waals surface area contributed by atoms with Gasteiger partial charge in [-0.3, -0.25) is 9.20 Å². The molecule has 2 aromatic rings. The van der Waals surface area contributed by atoms with Crippen LogP contribution in [-0.4, -0.2) is 50.0 Å². The van der Waals surface area contributed by atoms with Crippen molar-refractivity contribution in [3.8, 4) is 0 Å². The van der Waals surface area contributed by atoms with E-state index in [0.29, 0.717) is 11.5 Å². The molecule has 0 radical (unpaired) electrons. The highest BCUT2D eigenvalue weighted by Gasteiger charge is 2.18. The molecule has 2 aromatic heterocycles. The minimum Gasteiger partial charge on any atom is -0.358 e. The topological polar surface area (TPSA) is 75.4 Å². The zero-order valence-corrected chi connectivity index (χ0v) is 10.8. The van der Waals surface area contributed by atoms with Gasteiger partial charge in [-0.1, -0.05) is 0 Å². The largest absolute Gasteiger partial charge is 0.358 e. The van der Waals surface area contributed by atoms with Gasteiger partial charge in [-0.2, -0.15) is 0 Å². The van der Waals surface area contributed by atoms with Crippen LogP contribution >= 0.6 is 0 Å². The minimum absolute atomic E-state index is 0.109. The molecule has 1 amide bonds. The zero-order chi connectivity index (χ0) is 13.2. The summed E-state index contributed by atoms with van der Waals surface area (Å²) in [5, 5.41) is 11.1. The Labute approximate surface area is 110 Å². The molecule has 0 aliphatic carbocycles. The quantitative estimate of drug-likeness (QED) is 0.868. The van der Waals surface area contributed by atoms with Crippen molar-refractivity contribution in [1.29, 1.82) is 0 Å². The third-order valence-electron chi connectivity index (χ3n) is 3.36. The molecule has 1 fully saturated rings. The molecule has 19 heavy (non-hydrogen) atoms. The van der Waals surface area contributed by atoms with Crippen molar-refractivity contribution >= 4 is 17.4 Å². The van der Waals surface area contributed by atoms with E-state index >= 15 is 0 Å². The van der Waals surface area contributed by atoms with Crippen LogP contribution in [0.2, 0.25) is 0 Å². The molecule has 0 aromatic carbocycles. The Morgan fingerprint density at radius 1 is 1.37 bits per heavy atom. The number of aryl methyl sites for hydroxylation is 1. The average Bonchev–Trinajstić information content (AvgIpc) is 3.07. The second-order valence-corrected chi connectivity index (χ2v) is 4.66. The summed E-state index contributed by atoms with van der Waals surface area (Å²) in [5.41, 5.74) is 0.647. The van der Waals surface area contributed by atoms with Crippen molar-refractivity contribution in [2.45, 2.75) is 19.8 Å². The highest BCUT2D eigenvalue weighted by Crippen LogP contribution is 2.12. The highest BCUT2D eigenvalue weighted by molar-refractivity contribution is 5.82. The summed E-state index contributed by atoms with van der Waals surface area (Å²) in [4.78, 5) is 18.0. The van der Waals surface area contributed by atoms with Gasteiger partial charge in [-0.05, 0) is 19.8 Å². The molecule has 1 saturated heterocycles. The van der Waals surface area contributed by atoms with Crippen LogP contribution in [0.3, 0.4) is 0 Å². The van der Waals surface area contributed by atoms with Crippen molar-refractivity contribution < 1.29 is 4.79 Å². The number of hydrogen-bond acceptors (Lipinski definition) is 5. The number of fused-ring (bicyclic) bond motifs is 1. The average molecular weight is 260 g/mol. The SMILES string of the molecule is Cc1nnc2c(NCC(=O)N3CCCC3)nccn12. The summed E-state index contributed by atoms with van der Waals surface area (Å²) in [6.07, 6.45) is 5.68. The third kappa shape index (κ3) is 2.23. The Bertz CT molecular complexity index is 601. The Morgan fingerprint density at radius 2 is 2.16 bits per heavy atom. The Kier molecular flexibility index (Phi) is 3.02. The van der Waals surface area contributed by atoms with E-state index in [1.807, 2.05) is 16.2 Å². The van der Waals surface area contributed by atoms with Gasteiger partial charge in [0, 0.05) is 25.5 Å². The molecule has 0 spiro atoms. The number of aromatic nitrogens is 4. The number of rotatable bonds is 3. The molecular weight excluding hydrogens is 244 g/mol. The summed E-state index contributed by atoms with van der Waals surface area (Å²) in [6, 6.07) is 0. The Hall–Kier alpha value is -2.18. The van der Waals surface area contributed by atoms with Crippen LogP contribution in [0.1, 0.15) is 18.7 Å². The lowest BCUT2D eigenvalue weighted by Crippen LogP contribution is -2.33. The standard InChI is InChI=1S/C12H16N6O/c1-9-15-16-12-11(13-4-7-18(9)12)14-8-10(19)17-5-2-3-6-17/h4,7H,2-3,5-6,8H2,1H3,(H,13,14). The van der Waals surface area contributed by atoms with E-state index in [4.69, 9.17) is 0 Å². The lowest BCUT2D eigenvalue weighted by Gasteiger charge is -2.15. The van der Waals surface area contributed by atoms with E-state index < -0.39 is 0 Å². The van der Waals surface area contributed by atoms with Gasteiger partial charge in [-0.15, -0.1) is 10.2 Å². The van der Waals surface area contributed by atoms with Gasteiger partial charge in [-0.25, -0.2) is 4.98 Å². The fourth-order valence-corrected chi connectivity index (χ4v) is 2.30. The molecule has 3 rings (SSSR count). The van der Waals surface area contributed by atoms with Gasteiger partial charge >= 0.3 is 0 Å². The number of nitrogens with zero attached hydrogens (tertiary/aromatic N) is 5. The Balaban J connectivity index is 1.73. The zero-order valence-electron chi connectivity index (χ0n) is 10.8. The summed E-state index contributed by atoms with van der Waals surface area (Å²) >= 11 is 0. The van der Waals surface area contributed by atoms with Crippen LogP contribution in [-0.2, 0) is 4.79 Å². The van der Waals surface area contributed by atoms with Crippen LogP contribution in [0.5, 0.6) is 0 Å². The number of carbonyl (C=O) groups is 1. The molecule has 0 saturated carbocycles. The summed E-state index contributed by atoms with van der Waals surface area (Å²) in [7, 11) is 0. The molecule has 100 valence electrons. The lowest BCUT2D eigenvalue weighted by molar-refractivity contribution is -0.128. The lowest BCUT2D eigenvalue weighted by atomic mass is 10.4. The maximum atomic E-state index is 12.0. The first-order chi connectivity index (χ1) is 9.25. The second-order valence-electron chi connectivity index (χ2n) is 4.66. The van der Waals surface area contributed by atoms with Crippen LogP contribution in [0.25, 0.3) is 5.65 Å². The third-order valence-corrected chi connectivity index (χ3v) is 3.36. The molecular formula is C12H16N6O. The number of anilines is 1. The predicted octanol–water partition coefficient (Wildman–Crippen LogP) is 0.467. The number of likely N-dealkylation sites (tertiary alicyclic amines) is 1. The van der Waals surface area contributed by atoms with Crippen molar-refractivity contribution in [2.24, 2.45) is 0 Å². The highest BCUT2D eigenvalue weighted by atomic mass is 16.2. The second kappa shape index (κ2) is 4.83. The maximum absolute atomic E-state index is 12.0. The maximum Gasteiger partial charge on any atom is 0.241 e. The van der Waals surface area contributed by atoms with Gasteiger partial charge in [0.1, 0.15) is 5.82 Å². The molecule has 7 heteroatoms. The van der Waals surface area contributed by atoms with Crippen molar-refractivity contribution in [2.75, 3.05) is 25.0 Å². The number of carbonyl (C=O) groups excluding carboxylic acids is 1. The molecule has 0 bridgehead atoms. The molecule has 0 unspecified atom stereocenters. The monoisotopic (exact) mass is 260 g/mol. The molecule has 0 atom stereocenters.